The monoisotopic (exact) mass is 495 g/mol. The molecule has 0 bridgehead atoms. The molecule has 37 heavy (non-hydrogen) atoms. The third kappa shape index (κ3) is 4.07. The van der Waals surface area contributed by atoms with Crippen LogP contribution in [0.4, 0.5) is 5.82 Å². The maximum atomic E-state index is 12.9. The summed E-state index contributed by atoms with van der Waals surface area (Å²) in [5.74, 6) is -0.690. The highest BCUT2D eigenvalue weighted by Gasteiger charge is 2.55. The molecule has 2 N–H and O–H groups in total. The van der Waals surface area contributed by atoms with E-state index in [1.807, 2.05) is 0 Å². The summed E-state index contributed by atoms with van der Waals surface area (Å²) in [5, 5.41) is 27.3. The lowest BCUT2D eigenvalue weighted by Gasteiger charge is -2.28. The molecular weight excluding hydrogens is 474 g/mol. The summed E-state index contributed by atoms with van der Waals surface area (Å²) in [6.07, 6.45) is 0.0535. The van der Waals surface area contributed by atoms with E-state index in [-0.39, 0.29) is 23.2 Å². The molecule has 0 spiro atoms. The van der Waals surface area contributed by atoms with Crippen LogP contribution < -0.4 is 5.32 Å². The number of fused-ring (bicyclic) bond motifs is 1. The van der Waals surface area contributed by atoms with Crippen molar-refractivity contribution in [3.8, 4) is 6.07 Å². The first-order chi connectivity index (χ1) is 18.0. The number of carbonyl (C=O) groups excluding carboxylic acids is 2. The van der Waals surface area contributed by atoms with Gasteiger partial charge in [0.05, 0.1) is 5.56 Å². The van der Waals surface area contributed by atoms with Crippen molar-refractivity contribution in [2.75, 3.05) is 11.9 Å². The quantitative estimate of drug-likeness (QED) is 0.389. The zero-order valence-electron chi connectivity index (χ0n) is 19.7. The van der Waals surface area contributed by atoms with Crippen molar-refractivity contribution in [1.82, 2.24) is 14.6 Å². The van der Waals surface area contributed by atoms with Crippen molar-refractivity contribution >= 4 is 23.2 Å². The molecule has 0 aliphatic carbocycles. The first kappa shape index (κ1) is 23.7. The van der Waals surface area contributed by atoms with Crippen LogP contribution in [0.25, 0.3) is 5.52 Å². The topological polar surface area (TPSA) is 139 Å². The number of esters is 1. The number of ether oxygens (including phenoxy) is 2. The number of nitriles is 1. The molecule has 0 saturated heterocycles. The summed E-state index contributed by atoms with van der Waals surface area (Å²) in [6, 6.07) is 22.4. The molecule has 0 radical (unpaired) electrons. The van der Waals surface area contributed by atoms with E-state index in [4.69, 9.17) is 9.47 Å². The number of hydrogen-bond donors (Lipinski definition) is 2. The molecule has 10 nitrogen and oxygen atoms in total. The molecule has 10 heteroatoms. The van der Waals surface area contributed by atoms with Crippen LogP contribution in [0.2, 0.25) is 0 Å². The number of amides is 1. The van der Waals surface area contributed by atoms with Gasteiger partial charge < -0.3 is 19.9 Å². The van der Waals surface area contributed by atoms with Gasteiger partial charge >= 0.3 is 5.97 Å². The van der Waals surface area contributed by atoms with Crippen LogP contribution in [-0.4, -0.2) is 44.3 Å². The van der Waals surface area contributed by atoms with Gasteiger partial charge in [0, 0.05) is 11.1 Å². The molecule has 5 rings (SSSR count). The van der Waals surface area contributed by atoms with Crippen molar-refractivity contribution in [2.24, 2.45) is 0 Å². The minimum atomic E-state index is -1.85. The molecule has 2 atom stereocenters. The second-order valence-corrected chi connectivity index (χ2v) is 8.31. The highest BCUT2D eigenvalue weighted by Crippen LogP contribution is 2.44. The number of nitrogens with one attached hydrogen (secondary N) is 1. The Hall–Kier alpha value is -5.01. The van der Waals surface area contributed by atoms with Crippen LogP contribution in [0.3, 0.4) is 0 Å². The fraction of sp³-hybridized carbons (Fsp3) is 0.148. The Labute approximate surface area is 211 Å². The Morgan fingerprint density at radius 1 is 1.11 bits per heavy atom. The van der Waals surface area contributed by atoms with Gasteiger partial charge in [-0.2, -0.15) is 10.4 Å². The van der Waals surface area contributed by atoms with Crippen LogP contribution in [0, 0.1) is 11.3 Å². The first-order valence-electron chi connectivity index (χ1n) is 11.3. The molecule has 1 amide bonds. The molecule has 1 aliphatic heterocycles. The maximum Gasteiger partial charge on any atom is 0.338 e. The number of aliphatic hydroxyl groups is 1. The minimum Gasteiger partial charge on any atom is -0.464 e. The lowest BCUT2D eigenvalue weighted by atomic mass is 9.91. The summed E-state index contributed by atoms with van der Waals surface area (Å²) in [6.45, 7) is 1.13. The third-order valence-electron chi connectivity index (χ3n) is 6.13. The summed E-state index contributed by atoms with van der Waals surface area (Å²) >= 11 is 0. The molecule has 1 aliphatic rings. The van der Waals surface area contributed by atoms with E-state index in [2.05, 4.69) is 21.5 Å². The van der Waals surface area contributed by atoms with E-state index < -0.39 is 24.3 Å². The summed E-state index contributed by atoms with van der Waals surface area (Å²) < 4.78 is 13.2. The number of carbonyl (C=O) groups is 2. The van der Waals surface area contributed by atoms with E-state index in [0.29, 0.717) is 22.2 Å². The van der Waals surface area contributed by atoms with E-state index in [1.165, 1.54) is 10.8 Å². The van der Waals surface area contributed by atoms with E-state index in [0.717, 1.165) is 0 Å². The lowest BCUT2D eigenvalue weighted by Crippen LogP contribution is -2.41. The number of aliphatic hydroxyl groups excluding tert-OH is 1. The zero-order chi connectivity index (χ0) is 26.0. The van der Waals surface area contributed by atoms with Crippen LogP contribution in [-0.2, 0) is 15.1 Å². The van der Waals surface area contributed by atoms with Gasteiger partial charge in [-0.3, -0.25) is 4.79 Å². The average Bonchev–Trinajstić information content (AvgIpc) is 3.50. The van der Waals surface area contributed by atoms with Gasteiger partial charge in [0.15, 0.2) is 11.9 Å². The summed E-state index contributed by atoms with van der Waals surface area (Å²) in [7, 11) is 0. The minimum absolute atomic E-state index is 0.119. The smallest absolute Gasteiger partial charge is 0.338 e. The first-order valence-corrected chi connectivity index (χ1v) is 11.3. The Kier molecular flexibility index (Phi) is 6.13. The number of aromatic nitrogens is 3. The molecule has 0 saturated carbocycles. The Balaban J connectivity index is 1.55. The maximum absolute atomic E-state index is 12.9. The van der Waals surface area contributed by atoms with Crippen molar-refractivity contribution < 1.29 is 24.2 Å². The highest BCUT2D eigenvalue weighted by molar-refractivity contribution is 6.05. The molecule has 0 fully saturated rings. The molecule has 2 unspecified atom stereocenters. The van der Waals surface area contributed by atoms with Crippen molar-refractivity contribution in [3.05, 3.63) is 107 Å². The number of rotatable bonds is 6. The molecule has 2 aromatic heterocycles. The van der Waals surface area contributed by atoms with Gasteiger partial charge in [-0.05, 0) is 43.3 Å². The molecular formula is C27H21N5O5. The number of nitrogens with zero attached hydrogens (tertiary/aromatic N) is 4. The molecule has 184 valence electrons. The van der Waals surface area contributed by atoms with E-state index >= 15 is 0 Å². The number of anilines is 1. The standard InChI is InChI=1S/C27H21N5O5/c1-17-21(14-33)37-27(15-28,23(17)36-26(35)19-10-6-3-7-11-19)22-13-12-20-24(29-16-30-32(20)22)31-25(34)18-8-4-2-5-9-18/h2-13,16,23,33H,14H2,1H3,(H,29,30,31,34). The Morgan fingerprint density at radius 3 is 2.43 bits per heavy atom. The predicted molar refractivity (Wildman–Crippen MR) is 131 cm³/mol. The third-order valence-corrected chi connectivity index (χ3v) is 6.13. The molecule has 3 heterocycles. The Morgan fingerprint density at radius 2 is 1.78 bits per heavy atom. The van der Waals surface area contributed by atoms with Gasteiger partial charge in [-0.1, -0.05) is 36.4 Å². The summed E-state index contributed by atoms with van der Waals surface area (Å²) in [4.78, 5) is 29.8. The van der Waals surface area contributed by atoms with Crippen molar-refractivity contribution in [1.29, 1.82) is 5.26 Å². The SMILES string of the molecule is CC1=C(CO)OC(C#N)(c2ccc3c(NC(=O)c4ccccc4)ncnn23)C1OC(=O)c1ccccc1. The average molecular weight is 495 g/mol. The summed E-state index contributed by atoms with van der Waals surface area (Å²) in [5.41, 5.74) is -0.0881. The van der Waals surface area contributed by atoms with Crippen LogP contribution in [0.1, 0.15) is 33.3 Å². The van der Waals surface area contributed by atoms with Crippen molar-refractivity contribution in [2.45, 2.75) is 18.6 Å². The second-order valence-electron chi connectivity index (χ2n) is 8.31. The van der Waals surface area contributed by atoms with Gasteiger partial charge in [0.25, 0.3) is 11.5 Å². The van der Waals surface area contributed by atoms with Crippen LogP contribution >= 0.6 is 0 Å². The number of hydrogen-bond acceptors (Lipinski definition) is 8. The fourth-order valence-electron chi connectivity index (χ4n) is 4.26. The molecule has 2 aromatic carbocycles. The van der Waals surface area contributed by atoms with E-state index in [9.17, 15) is 20.0 Å². The second kappa shape index (κ2) is 9.56. The van der Waals surface area contributed by atoms with Gasteiger partial charge in [0.2, 0.25) is 0 Å². The largest absolute Gasteiger partial charge is 0.464 e. The van der Waals surface area contributed by atoms with Crippen LogP contribution in [0.15, 0.2) is 90.5 Å². The molecule has 4 aromatic rings. The zero-order valence-corrected chi connectivity index (χ0v) is 19.7. The van der Waals surface area contributed by atoms with Crippen molar-refractivity contribution in [3.63, 3.8) is 0 Å². The fourth-order valence-corrected chi connectivity index (χ4v) is 4.26. The lowest BCUT2D eigenvalue weighted by molar-refractivity contribution is -0.0398. The van der Waals surface area contributed by atoms with E-state index in [1.54, 1.807) is 79.7 Å². The normalized spacial score (nSPS) is 18.8. The highest BCUT2D eigenvalue weighted by atomic mass is 16.6. The van der Waals surface area contributed by atoms with Gasteiger partial charge in [-0.25, -0.2) is 14.3 Å². The van der Waals surface area contributed by atoms with Gasteiger partial charge in [0.1, 0.15) is 36.0 Å². The van der Waals surface area contributed by atoms with Crippen LogP contribution in [0.5, 0.6) is 0 Å². The Bertz CT molecular complexity index is 1560. The number of benzene rings is 2. The predicted octanol–water partition coefficient (Wildman–Crippen LogP) is 3.22. The van der Waals surface area contributed by atoms with Gasteiger partial charge in [-0.15, -0.1) is 0 Å².